The standard InChI is InChI=1S/C14H10N2OS/c1-10(17)13-2-3-14(18-13)12(9-15)8-11-4-6-16-7-5-11/h2-8H,1H3/b12-8+. The van der Waals surface area contributed by atoms with Crippen molar-refractivity contribution in [3.63, 3.8) is 0 Å². The van der Waals surface area contributed by atoms with E-state index < -0.39 is 0 Å². The summed E-state index contributed by atoms with van der Waals surface area (Å²) in [5.41, 5.74) is 1.47. The largest absolute Gasteiger partial charge is 0.294 e. The Kier molecular flexibility index (Phi) is 3.66. The van der Waals surface area contributed by atoms with Crippen LogP contribution in [0.25, 0.3) is 11.6 Å². The lowest BCUT2D eigenvalue weighted by Crippen LogP contribution is -1.83. The maximum Gasteiger partial charge on any atom is 0.169 e. The molecule has 0 aliphatic carbocycles. The molecule has 0 saturated heterocycles. The van der Waals surface area contributed by atoms with Crippen LogP contribution in [0.3, 0.4) is 0 Å². The lowest BCUT2D eigenvalue weighted by atomic mass is 10.1. The van der Waals surface area contributed by atoms with Crippen LogP contribution in [0.5, 0.6) is 0 Å². The van der Waals surface area contributed by atoms with E-state index in [1.807, 2.05) is 12.1 Å². The summed E-state index contributed by atoms with van der Waals surface area (Å²) < 4.78 is 0. The Morgan fingerprint density at radius 1 is 1.28 bits per heavy atom. The summed E-state index contributed by atoms with van der Waals surface area (Å²) in [5, 5.41) is 9.18. The van der Waals surface area contributed by atoms with Crippen LogP contribution in [0.15, 0.2) is 36.7 Å². The molecule has 0 spiro atoms. The molecule has 0 aromatic carbocycles. The quantitative estimate of drug-likeness (QED) is 0.623. The van der Waals surface area contributed by atoms with Crippen LogP contribution in [-0.4, -0.2) is 10.8 Å². The second-order valence-corrected chi connectivity index (χ2v) is 4.75. The van der Waals surface area contributed by atoms with E-state index in [4.69, 9.17) is 0 Å². The number of Topliss-reactive ketones (excluding diaryl/α,β-unsaturated/α-hetero) is 1. The topological polar surface area (TPSA) is 53.8 Å². The van der Waals surface area contributed by atoms with Gasteiger partial charge in [-0.25, -0.2) is 0 Å². The van der Waals surface area contributed by atoms with Crippen LogP contribution in [0.2, 0.25) is 0 Å². The van der Waals surface area contributed by atoms with Crippen molar-refractivity contribution in [1.29, 1.82) is 5.26 Å². The van der Waals surface area contributed by atoms with Gasteiger partial charge >= 0.3 is 0 Å². The van der Waals surface area contributed by atoms with Crippen molar-refractivity contribution < 1.29 is 4.79 Å². The number of rotatable bonds is 3. The van der Waals surface area contributed by atoms with E-state index in [1.54, 1.807) is 30.6 Å². The van der Waals surface area contributed by atoms with Gasteiger partial charge in [-0.2, -0.15) is 5.26 Å². The second kappa shape index (κ2) is 5.39. The minimum absolute atomic E-state index is 0.0208. The third-order valence-electron chi connectivity index (χ3n) is 2.36. The molecule has 0 saturated carbocycles. The Morgan fingerprint density at radius 2 is 1.94 bits per heavy atom. The minimum Gasteiger partial charge on any atom is -0.294 e. The molecule has 4 heteroatoms. The number of aromatic nitrogens is 1. The zero-order chi connectivity index (χ0) is 13.0. The number of allylic oxidation sites excluding steroid dienone is 1. The van der Waals surface area contributed by atoms with Crippen molar-refractivity contribution in [3.05, 3.63) is 52.0 Å². The van der Waals surface area contributed by atoms with Crippen molar-refractivity contribution in [3.8, 4) is 6.07 Å². The van der Waals surface area contributed by atoms with Crippen molar-refractivity contribution in [1.82, 2.24) is 4.98 Å². The third-order valence-corrected chi connectivity index (χ3v) is 3.58. The SMILES string of the molecule is CC(=O)c1ccc(/C(C#N)=C/c2ccncc2)s1. The molecule has 18 heavy (non-hydrogen) atoms. The van der Waals surface area contributed by atoms with E-state index in [1.165, 1.54) is 18.3 Å². The van der Waals surface area contributed by atoms with Gasteiger partial charge in [-0.1, -0.05) is 0 Å². The normalized spacial score (nSPS) is 11.0. The number of carbonyl (C=O) groups excluding carboxylic acids is 1. The number of hydrogen-bond acceptors (Lipinski definition) is 4. The van der Waals surface area contributed by atoms with Crippen LogP contribution in [0, 0.1) is 11.3 Å². The second-order valence-electron chi connectivity index (χ2n) is 3.67. The number of nitrogens with zero attached hydrogens (tertiary/aromatic N) is 2. The summed E-state index contributed by atoms with van der Waals surface area (Å²) in [5.74, 6) is 0.0208. The summed E-state index contributed by atoms with van der Waals surface area (Å²) in [6, 6.07) is 9.37. The summed E-state index contributed by atoms with van der Waals surface area (Å²) in [6.07, 6.45) is 5.14. The number of carbonyl (C=O) groups is 1. The zero-order valence-electron chi connectivity index (χ0n) is 9.75. The van der Waals surface area contributed by atoms with E-state index in [0.29, 0.717) is 10.5 Å². The highest BCUT2D eigenvalue weighted by atomic mass is 32.1. The number of thiophene rings is 1. The summed E-state index contributed by atoms with van der Waals surface area (Å²) in [7, 11) is 0. The fraction of sp³-hybridized carbons (Fsp3) is 0.0714. The Morgan fingerprint density at radius 3 is 2.50 bits per heavy atom. The highest BCUT2D eigenvalue weighted by molar-refractivity contribution is 7.15. The van der Waals surface area contributed by atoms with Gasteiger partial charge in [0.05, 0.1) is 10.5 Å². The van der Waals surface area contributed by atoms with Gasteiger partial charge in [0.1, 0.15) is 6.07 Å². The van der Waals surface area contributed by atoms with Crippen LogP contribution in [-0.2, 0) is 0 Å². The first kappa shape index (κ1) is 12.2. The monoisotopic (exact) mass is 254 g/mol. The minimum atomic E-state index is 0.0208. The molecule has 2 aromatic rings. The van der Waals surface area contributed by atoms with E-state index >= 15 is 0 Å². The predicted octanol–water partition coefficient (Wildman–Crippen LogP) is 3.41. The fourth-order valence-corrected chi connectivity index (χ4v) is 2.32. The molecule has 0 aliphatic heterocycles. The molecule has 2 heterocycles. The van der Waals surface area contributed by atoms with Crippen LogP contribution >= 0.6 is 11.3 Å². The smallest absolute Gasteiger partial charge is 0.169 e. The van der Waals surface area contributed by atoms with Gasteiger partial charge < -0.3 is 0 Å². The van der Waals surface area contributed by atoms with E-state index in [2.05, 4.69) is 11.1 Å². The first-order chi connectivity index (χ1) is 8.70. The van der Waals surface area contributed by atoms with Gasteiger partial charge in [-0.15, -0.1) is 11.3 Å². The van der Waals surface area contributed by atoms with E-state index in [0.717, 1.165) is 10.4 Å². The molecule has 0 unspecified atom stereocenters. The molecule has 3 nitrogen and oxygen atoms in total. The van der Waals surface area contributed by atoms with Crippen molar-refractivity contribution >= 4 is 28.8 Å². The van der Waals surface area contributed by atoms with Crippen molar-refractivity contribution in [2.24, 2.45) is 0 Å². The Balaban J connectivity index is 2.37. The highest BCUT2D eigenvalue weighted by Crippen LogP contribution is 2.25. The Hall–Kier alpha value is -2.25. The fourth-order valence-electron chi connectivity index (χ4n) is 1.46. The van der Waals surface area contributed by atoms with Gasteiger partial charge in [0.15, 0.2) is 5.78 Å². The molecule has 88 valence electrons. The molecule has 2 rings (SSSR count). The lowest BCUT2D eigenvalue weighted by Gasteiger charge is -1.95. The molecular weight excluding hydrogens is 244 g/mol. The van der Waals surface area contributed by atoms with Gasteiger partial charge in [0.2, 0.25) is 0 Å². The van der Waals surface area contributed by atoms with E-state index in [9.17, 15) is 10.1 Å². The van der Waals surface area contributed by atoms with Crippen molar-refractivity contribution in [2.75, 3.05) is 0 Å². The number of pyridine rings is 1. The summed E-state index contributed by atoms with van der Waals surface area (Å²) in [4.78, 5) is 16.6. The predicted molar refractivity (Wildman–Crippen MR) is 72.0 cm³/mol. The molecule has 0 bridgehead atoms. The number of ketones is 1. The highest BCUT2D eigenvalue weighted by Gasteiger charge is 2.08. The molecule has 2 aromatic heterocycles. The summed E-state index contributed by atoms with van der Waals surface area (Å²) >= 11 is 1.34. The average molecular weight is 254 g/mol. The molecule has 0 amide bonds. The third kappa shape index (κ3) is 2.70. The lowest BCUT2D eigenvalue weighted by molar-refractivity contribution is 0.102. The Bertz CT molecular complexity index is 635. The van der Waals surface area contributed by atoms with E-state index in [-0.39, 0.29) is 5.78 Å². The van der Waals surface area contributed by atoms with Gasteiger partial charge in [0, 0.05) is 17.3 Å². The molecule has 0 radical (unpaired) electrons. The maximum absolute atomic E-state index is 11.2. The average Bonchev–Trinajstić information content (AvgIpc) is 2.87. The molecular formula is C14H10N2OS. The zero-order valence-corrected chi connectivity index (χ0v) is 10.6. The first-order valence-corrected chi connectivity index (χ1v) is 6.15. The van der Waals surface area contributed by atoms with Crippen LogP contribution in [0.1, 0.15) is 27.0 Å². The molecule has 0 N–H and O–H groups in total. The maximum atomic E-state index is 11.2. The summed E-state index contributed by atoms with van der Waals surface area (Å²) in [6.45, 7) is 1.52. The van der Waals surface area contributed by atoms with Crippen LogP contribution in [0.4, 0.5) is 0 Å². The molecule has 0 fully saturated rings. The molecule has 0 aliphatic rings. The van der Waals surface area contributed by atoms with Gasteiger partial charge in [-0.3, -0.25) is 9.78 Å². The number of hydrogen-bond donors (Lipinski definition) is 0. The van der Waals surface area contributed by atoms with Gasteiger partial charge in [0.25, 0.3) is 0 Å². The molecule has 0 atom stereocenters. The first-order valence-electron chi connectivity index (χ1n) is 5.33. The number of nitriles is 1. The van der Waals surface area contributed by atoms with Crippen LogP contribution < -0.4 is 0 Å². The van der Waals surface area contributed by atoms with Gasteiger partial charge in [-0.05, 0) is 42.8 Å². The Labute approximate surface area is 109 Å². The van der Waals surface area contributed by atoms with Crippen molar-refractivity contribution in [2.45, 2.75) is 6.92 Å².